The number of hydrogen-bond acceptors (Lipinski definition) is 6. The normalized spacial score (nSPS) is 27.7. The summed E-state index contributed by atoms with van der Waals surface area (Å²) in [5, 5.41) is 5.68. The summed E-state index contributed by atoms with van der Waals surface area (Å²) in [6, 6.07) is 5.38. The summed E-state index contributed by atoms with van der Waals surface area (Å²) in [7, 11) is 0. The second kappa shape index (κ2) is 6.87. The quantitative estimate of drug-likeness (QED) is 0.699. The smallest absolute Gasteiger partial charge is 0.255 e. The molecule has 1 unspecified atom stereocenters. The first-order valence-corrected chi connectivity index (χ1v) is 10.6. The van der Waals surface area contributed by atoms with Crippen LogP contribution in [0.2, 0.25) is 0 Å². The molecule has 5 rings (SSSR count). The van der Waals surface area contributed by atoms with Crippen LogP contribution in [0.5, 0.6) is 0 Å². The second-order valence-corrected chi connectivity index (χ2v) is 9.64. The minimum Gasteiger partial charge on any atom is -0.364 e. The Morgan fingerprint density at radius 2 is 1.97 bits per heavy atom. The first-order chi connectivity index (χ1) is 14.3. The molecule has 2 N–H and O–H groups in total. The SMILES string of the molecule is CC1(C)CN(Cc2cccc3c2C(=O)N(C2CCC(=O)NC2=O)C3)CC2(CNC2)O1. The van der Waals surface area contributed by atoms with E-state index >= 15 is 0 Å². The van der Waals surface area contributed by atoms with Crippen molar-refractivity contribution in [1.29, 1.82) is 0 Å². The van der Waals surface area contributed by atoms with Crippen LogP contribution in [-0.2, 0) is 27.4 Å². The van der Waals surface area contributed by atoms with Crippen molar-refractivity contribution in [2.45, 2.75) is 57.0 Å². The molecule has 3 saturated heterocycles. The Kier molecular flexibility index (Phi) is 4.50. The molecule has 30 heavy (non-hydrogen) atoms. The molecule has 4 aliphatic heterocycles. The first kappa shape index (κ1) is 19.7. The first-order valence-electron chi connectivity index (χ1n) is 10.6. The van der Waals surface area contributed by atoms with E-state index in [1.165, 1.54) is 0 Å². The number of imide groups is 1. The highest BCUT2D eigenvalue weighted by Gasteiger charge is 2.48. The van der Waals surface area contributed by atoms with Crippen molar-refractivity contribution in [1.82, 2.24) is 20.4 Å². The van der Waals surface area contributed by atoms with E-state index in [0.717, 1.165) is 37.3 Å². The Hall–Kier alpha value is -2.29. The van der Waals surface area contributed by atoms with Crippen molar-refractivity contribution >= 4 is 17.7 Å². The predicted molar refractivity (Wildman–Crippen MR) is 109 cm³/mol. The van der Waals surface area contributed by atoms with Gasteiger partial charge in [0.25, 0.3) is 5.91 Å². The third-order valence-corrected chi connectivity index (χ3v) is 6.54. The summed E-state index contributed by atoms with van der Waals surface area (Å²) in [6.07, 6.45) is 0.648. The minimum absolute atomic E-state index is 0.109. The summed E-state index contributed by atoms with van der Waals surface area (Å²) in [5.74, 6) is -0.749. The molecule has 0 saturated carbocycles. The second-order valence-electron chi connectivity index (χ2n) is 9.64. The van der Waals surface area contributed by atoms with Crippen molar-refractivity contribution < 1.29 is 19.1 Å². The molecule has 4 aliphatic rings. The molecule has 8 heteroatoms. The largest absolute Gasteiger partial charge is 0.364 e. The molecule has 3 amide bonds. The Bertz CT molecular complexity index is 924. The summed E-state index contributed by atoms with van der Waals surface area (Å²) in [5.41, 5.74) is 2.26. The van der Waals surface area contributed by atoms with E-state index in [4.69, 9.17) is 4.74 Å². The van der Waals surface area contributed by atoms with E-state index in [0.29, 0.717) is 25.1 Å². The van der Waals surface area contributed by atoms with Gasteiger partial charge in [-0.2, -0.15) is 0 Å². The zero-order chi connectivity index (χ0) is 21.1. The van der Waals surface area contributed by atoms with E-state index in [1.807, 2.05) is 18.2 Å². The van der Waals surface area contributed by atoms with Crippen LogP contribution in [0.15, 0.2) is 18.2 Å². The topological polar surface area (TPSA) is 91.0 Å². The van der Waals surface area contributed by atoms with Crippen LogP contribution in [0.4, 0.5) is 0 Å². The number of benzene rings is 1. The lowest BCUT2D eigenvalue weighted by atomic mass is 9.90. The molecule has 160 valence electrons. The lowest BCUT2D eigenvalue weighted by Gasteiger charge is -2.54. The van der Waals surface area contributed by atoms with E-state index in [1.54, 1.807) is 4.90 Å². The van der Waals surface area contributed by atoms with Crippen LogP contribution in [-0.4, -0.2) is 70.9 Å². The van der Waals surface area contributed by atoms with E-state index in [2.05, 4.69) is 29.4 Å². The van der Waals surface area contributed by atoms with Gasteiger partial charge in [-0.15, -0.1) is 0 Å². The molecule has 1 atom stereocenters. The fourth-order valence-electron chi connectivity index (χ4n) is 5.41. The number of fused-ring (bicyclic) bond motifs is 1. The molecule has 0 aliphatic carbocycles. The van der Waals surface area contributed by atoms with Gasteiger partial charge in [0.2, 0.25) is 11.8 Å². The van der Waals surface area contributed by atoms with E-state index in [-0.39, 0.29) is 35.3 Å². The lowest BCUT2D eigenvalue weighted by molar-refractivity contribution is -0.216. The maximum Gasteiger partial charge on any atom is 0.255 e. The highest BCUT2D eigenvalue weighted by atomic mass is 16.5. The highest BCUT2D eigenvalue weighted by Crippen LogP contribution is 2.34. The summed E-state index contributed by atoms with van der Waals surface area (Å²) < 4.78 is 6.34. The number of hydrogen-bond donors (Lipinski definition) is 2. The molecule has 0 aromatic heterocycles. The van der Waals surface area contributed by atoms with Gasteiger partial charge >= 0.3 is 0 Å². The number of carbonyl (C=O) groups excluding carboxylic acids is 3. The monoisotopic (exact) mass is 412 g/mol. The number of piperidine rings is 1. The molecule has 4 heterocycles. The zero-order valence-corrected chi connectivity index (χ0v) is 17.5. The third kappa shape index (κ3) is 3.33. The molecule has 1 aromatic carbocycles. The molecular weight excluding hydrogens is 384 g/mol. The summed E-state index contributed by atoms with van der Waals surface area (Å²) in [4.78, 5) is 41.1. The van der Waals surface area contributed by atoms with Gasteiger partial charge in [-0.1, -0.05) is 18.2 Å². The fraction of sp³-hybridized carbons (Fsp3) is 0.591. The van der Waals surface area contributed by atoms with Crippen LogP contribution in [0.1, 0.15) is 48.2 Å². The van der Waals surface area contributed by atoms with Crippen molar-refractivity contribution in [2.75, 3.05) is 26.2 Å². The number of amides is 3. The van der Waals surface area contributed by atoms with Gasteiger partial charge in [0, 0.05) is 51.3 Å². The summed E-state index contributed by atoms with van der Waals surface area (Å²) in [6.45, 7) is 8.64. The van der Waals surface area contributed by atoms with Gasteiger partial charge in [0.15, 0.2) is 0 Å². The standard InChI is InChI=1S/C22H28N4O4/c1-21(2)12-25(13-22(30-21)10-23-11-22)8-14-4-3-5-15-9-26(20(29)18(14)15)16-6-7-17(27)24-19(16)28/h3-5,16,23H,6-13H2,1-2H3,(H,24,27,28). The average molecular weight is 412 g/mol. The number of nitrogens with one attached hydrogen (secondary N) is 2. The predicted octanol–water partition coefficient (Wildman–Crippen LogP) is 0.400. The van der Waals surface area contributed by atoms with Gasteiger partial charge in [-0.05, 0) is 31.4 Å². The molecule has 1 aromatic rings. The van der Waals surface area contributed by atoms with Gasteiger partial charge < -0.3 is 15.0 Å². The van der Waals surface area contributed by atoms with Crippen LogP contribution < -0.4 is 10.6 Å². The maximum atomic E-state index is 13.3. The number of nitrogens with zero attached hydrogens (tertiary/aromatic N) is 2. The molecule has 8 nitrogen and oxygen atoms in total. The molecule has 1 spiro atoms. The van der Waals surface area contributed by atoms with Crippen LogP contribution in [0.3, 0.4) is 0 Å². The minimum atomic E-state index is -0.581. The zero-order valence-electron chi connectivity index (χ0n) is 17.5. The summed E-state index contributed by atoms with van der Waals surface area (Å²) >= 11 is 0. The van der Waals surface area contributed by atoms with Crippen LogP contribution >= 0.6 is 0 Å². The highest BCUT2D eigenvalue weighted by molar-refractivity contribution is 6.05. The maximum absolute atomic E-state index is 13.3. The van der Waals surface area contributed by atoms with Gasteiger partial charge in [0.1, 0.15) is 11.6 Å². The van der Waals surface area contributed by atoms with Gasteiger partial charge in [0.05, 0.1) is 5.60 Å². The molecule has 0 radical (unpaired) electrons. The van der Waals surface area contributed by atoms with Gasteiger partial charge in [-0.3, -0.25) is 24.6 Å². The van der Waals surface area contributed by atoms with Crippen molar-refractivity contribution in [2.24, 2.45) is 0 Å². The number of morpholine rings is 1. The molecule has 0 bridgehead atoms. The van der Waals surface area contributed by atoms with Crippen LogP contribution in [0.25, 0.3) is 0 Å². The lowest BCUT2D eigenvalue weighted by Crippen LogP contribution is -2.72. The Morgan fingerprint density at radius 1 is 1.17 bits per heavy atom. The molecule has 3 fully saturated rings. The van der Waals surface area contributed by atoms with Crippen molar-refractivity contribution in [3.63, 3.8) is 0 Å². The van der Waals surface area contributed by atoms with Crippen molar-refractivity contribution in [3.05, 3.63) is 34.9 Å². The molecular formula is C22H28N4O4. The third-order valence-electron chi connectivity index (χ3n) is 6.54. The number of ether oxygens (including phenoxy) is 1. The van der Waals surface area contributed by atoms with Crippen LogP contribution in [0, 0.1) is 0 Å². The Balaban J connectivity index is 1.37. The van der Waals surface area contributed by atoms with E-state index < -0.39 is 6.04 Å². The average Bonchev–Trinajstić information content (AvgIpc) is 2.97. The Labute approximate surface area is 175 Å². The Morgan fingerprint density at radius 3 is 2.67 bits per heavy atom. The van der Waals surface area contributed by atoms with Gasteiger partial charge in [-0.25, -0.2) is 0 Å². The number of carbonyl (C=O) groups is 3. The van der Waals surface area contributed by atoms with E-state index in [9.17, 15) is 14.4 Å². The van der Waals surface area contributed by atoms with Crippen molar-refractivity contribution in [3.8, 4) is 0 Å². The fourth-order valence-corrected chi connectivity index (χ4v) is 5.41. The number of rotatable bonds is 3.